The molecule has 6 nitrogen and oxygen atoms in total. The summed E-state index contributed by atoms with van der Waals surface area (Å²) in [7, 11) is 3.40. The molecule has 0 aromatic heterocycles. The summed E-state index contributed by atoms with van der Waals surface area (Å²) < 4.78 is 0. The van der Waals surface area contributed by atoms with Crippen LogP contribution in [0.1, 0.15) is 30.9 Å². The van der Waals surface area contributed by atoms with Crippen molar-refractivity contribution >= 4 is 28.5 Å². The molecule has 0 spiro atoms. The van der Waals surface area contributed by atoms with Crippen LogP contribution in [0.15, 0.2) is 84.1 Å². The first-order valence-corrected chi connectivity index (χ1v) is 11.8. The van der Waals surface area contributed by atoms with Crippen LogP contribution in [-0.2, 0) is 27.5 Å². The van der Waals surface area contributed by atoms with Gasteiger partial charge in [-0.15, -0.1) is 0 Å². The van der Waals surface area contributed by atoms with Gasteiger partial charge in [-0.1, -0.05) is 72.8 Å². The number of fused-ring (bicyclic) bond motifs is 1. The van der Waals surface area contributed by atoms with Crippen molar-refractivity contribution in [2.45, 2.75) is 32.9 Å². The molecule has 3 aromatic carbocycles. The molecule has 0 bridgehead atoms. The highest BCUT2D eigenvalue weighted by molar-refractivity contribution is 5.98. The zero-order valence-electron chi connectivity index (χ0n) is 20.5. The highest BCUT2D eigenvalue weighted by Crippen LogP contribution is 2.31. The molecule has 4 rings (SSSR count). The molecule has 1 aliphatic heterocycles. The third kappa shape index (κ3) is 5.43. The van der Waals surface area contributed by atoms with E-state index >= 15 is 0 Å². The molecule has 6 heteroatoms. The average molecular weight is 470 g/mol. The standard InChI is InChI=1S/C29H31N3O3/c1-20-26(29(35)31(2)3)16-24(28(34)32(20)19-21-10-5-4-6-11-21)17-27(33)30-18-23-14-9-13-22-12-7-8-15-25(22)23/h4-15,24H,16-19H2,1-3H3,(H,30,33). The number of amides is 3. The molecule has 1 atom stereocenters. The summed E-state index contributed by atoms with van der Waals surface area (Å²) in [4.78, 5) is 42.5. The quantitative estimate of drug-likeness (QED) is 0.562. The number of carbonyl (C=O) groups excluding carboxylic acids is 3. The van der Waals surface area contributed by atoms with E-state index in [0.717, 1.165) is 21.9 Å². The molecule has 1 unspecified atom stereocenters. The molecule has 1 heterocycles. The number of rotatable bonds is 7. The number of hydrogen-bond acceptors (Lipinski definition) is 3. The molecular weight excluding hydrogens is 438 g/mol. The van der Waals surface area contributed by atoms with Crippen LogP contribution in [0.4, 0.5) is 0 Å². The summed E-state index contributed by atoms with van der Waals surface area (Å²) >= 11 is 0. The van der Waals surface area contributed by atoms with Gasteiger partial charge >= 0.3 is 0 Å². The molecule has 0 saturated heterocycles. The van der Waals surface area contributed by atoms with E-state index < -0.39 is 5.92 Å². The number of likely N-dealkylation sites (N-methyl/N-ethyl adjacent to an activating group) is 1. The first-order valence-electron chi connectivity index (χ1n) is 11.8. The Balaban J connectivity index is 1.51. The fraction of sp³-hybridized carbons (Fsp3) is 0.276. The van der Waals surface area contributed by atoms with Gasteiger partial charge in [0.2, 0.25) is 11.8 Å². The molecule has 3 amide bonds. The minimum Gasteiger partial charge on any atom is -0.352 e. The lowest BCUT2D eigenvalue weighted by molar-refractivity contribution is -0.139. The fourth-order valence-corrected chi connectivity index (χ4v) is 4.60. The van der Waals surface area contributed by atoms with Crippen molar-refractivity contribution in [3.8, 4) is 0 Å². The van der Waals surface area contributed by atoms with Crippen LogP contribution >= 0.6 is 0 Å². The second-order valence-corrected chi connectivity index (χ2v) is 9.19. The molecule has 180 valence electrons. The fourth-order valence-electron chi connectivity index (χ4n) is 4.60. The van der Waals surface area contributed by atoms with Crippen molar-refractivity contribution in [1.29, 1.82) is 0 Å². The van der Waals surface area contributed by atoms with Crippen molar-refractivity contribution in [3.63, 3.8) is 0 Å². The molecule has 3 aromatic rings. The highest BCUT2D eigenvalue weighted by atomic mass is 16.2. The summed E-state index contributed by atoms with van der Waals surface area (Å²) in [6.07, 6.45) is 0.293. The molecular formula is C29H31N3O3. The largest absolute Gasteiger partial charge is 0.352 e. The normalized spacial score (nSPS) is 15.9. The van der Waals surface area contributed by atoms with Crippen molar-refractivity contribution in [3.05, 3.63) is 95.2 Å². The SMILES string of the molecule is CC1=C(C(=O)N(C)C)CC(CC(=O)NCc2cccc3ccccc23)C(=O)N1Cc1ccccc1. The van der Waals surface area contributed by atoms with Gasteiger partial charge in [-0.25, -0.2) is 0 Å². The Labute approximate surface area is 206 Å². The lowest BCUT2D eigenvalue weighted by atomic mass is 9.88. The minimum atomic E-state index is -0.589. The Kier molecular flexibility index (Phi) is 7.30. The predicted molar refractivity (Wildman–Crippen MR) is 137 cm³/mol. The lowest BCUT2D eigenvalue weighted by Gasteiger charge is -2.35. The van der Waals surface area contributed by atoms with Crippen LogP contribution in [-0.4, -0.2) is 41.6 Å². The Hall–Kier alpha value is -3.93. The van der Waals surface area contributed by atoms with E-state index in [0.29, 0.717) is 24.4 Å². The summed E-state index contributed by atoms with van der Waals surface area (Å²) in [6.45, 7) is 2.56. The Morgan fingerprint density at radius 1 is 0.971 bits per heavy atom. The van der Waals surface area contributed by atoms with E-state index in [-0.39, 0.29) is 30.6 Å². The maximum atomic E-state index is 13.4. The van der Waals surface area contributed by atoms with E-state index in [9.17, 15) is 14.4 Å². The lowest BCUT2D eigenvalue weighted by Crippen LogP contribution is -2.43. The van der Waals surface area contributed by atoms with Crippen LogP contribution < -0.4 is 5.32 Å². The zero-order valence-corrected chi connectivity index (χ0v) is 20.5. The van der Waals surface area contributed by atoms with Gasteiger partial charge in [-0.3, -0.25) is 14.4 Å². The summed E-state index contributed by atoms with van der Waals surface area (Å²) in [5.74, 6) is -1.04. The van der Waals surface area contributed by atoms with Crippen LogP contribution in [0.2, 0.25) is 0 Å². The Morgan fingerprint density at radius 2 is 1.66 bits per heavy atom. The predicted octanol–water partition coefficient (Wildman–Crippen LogP) is 4.26. The molecule has 35 heavy (non-hydrogen) atoms. The van der Waals surface area contributed by atoms with E-state index in [1.807, 2.05) is 79.7 Å². The van der Waals surface area contributed by atoms with Crippen molar-refractivity contribution in [1.82, 2.24) is 15.1 Å². The van der Waals surface area contributed by atoms with E-state index in [2.05, 4.69) is 5.32 Å². The van der Waals surface area contributed by atoms with Gasteiger partial charge in [-0.05, 0) is 35.2 Å². The maximum absolute atomic E-state index is 13.4. The Morgan fingerprint density at radius 3 is 2.40 bits per heavy atom. The van der Waals surface area contributed by atoms with Gasteiger partial charge in [0.25, 0.3) is 5.91 Å². The first-order chi connectivity index (χ1) is 16.8. The molecule has 1 N–H and O–H groups in total. The van der Waals surface area contributed by atoms with Crippen LogP contribution in [0.25, 0.3) is 10.8 Å². The van der Waals surface area contributed by atoms with Gasteiger partial charge < -0.3 is 15.1 Å². The van der Waals surface area contributed by atoms with Crippen LogP contribution in [0, 0.1) is 5.92 Å². The highest BCUT2D eigenvalue weighted by Gasteiger charge is 2.36. The number of allylic oxidation sites excluding steroid dienone is 1. The van der Waals surface area contributed by atoms with Gasteiger partial charge in [0, 0.05) is 38.3 Å². The summed E-state index contributed by atoms with van der Waals surface area (Å²) in [5, 5.41) is 5.19. The molecule has 0 aliphatic carbocycles. The zero-order chi connectivity index (χ0) is 24.9. The second-order valence-electron chi connectivity index (χ2n) is 9.19. The van der Waals surface area contributed by atoms with Crippen molar-refractivity contribution in [2.75, 3.05) is 14.1 Å². The summed E-state index contributed by atoms with van der Waals surface area (Å²) in [6, 6.07) is 23.7. The van der Waals surface area contributed by atoms with E-state index in [1.165, 1.54) is 4.90 Å². The number of nitrogens with zero attached hydrogens (tertiary/aromatic N) is 2. The molecule has 0 fully saturated rings. The van der Waals surface area contributed by atoms with E-state index in [1.54, 1.807) is 19.0 Å². The second kappa shape index (κ2) is 10.6. The van der Waals surface area contributed by atoms with Gasteiger partial charge in [0.1, 0.15) is 0 Å². The average Bonchev–Trinajstić information content (AvgIpc) is 2.87. The summed E-state index contributed by atoms with van der Waals surface area (Å²) in [5.41, 5.74) is 3.23. The van der Waals surface area contributed by atoms with Crippen LogP contribution in [0.3, 0.4) is 0 Å². The third-order valence-electron chi connectivity index (χ3n) is 6.54. The molecule has 0 radical (unpaired) electrons. The first kappa shape index (κ1) is 24.2. The maximum Gasteiger partial charge on any atom is 0.251 e. The topological polar surface area (TPSA) is 69.7 Å². The molecule has 1 aliphatic rings. The van der Waals surface area contributed by atoms with Gasteiger partial charge in [0.05, 0.1) is 12.5 Å². The molecule has 0 saturated carbocycles. The Bertz CT molecular complexity index is 1280. The smallest absolute Gasteiger partial charge is 0.251 e. The number of carbonyl (C=O) groups is 3. The van der Waals surface area contributed by atoms with E-state index in [4.69, 9.17) is 0 Å². The van der Waals surface area contributed by atoms with Crippen molar-refractivity contribution in [2.24, 2.45) is 5.92 Å². The monoisotopic (exact) mass is 469 g/mol. The number of hydrogen-bond donors (Lipinski definition) is 1. The number of nitrogens with one attached hydrogen (secondary N) is 1. The van der Waals surface area contributed by atoms with Gasteiger partial charge in [-0.2, -0.15) is 0 Å². The minimum absolute atomic E-state index is 0.0341. The van der Waals surface area contributed by atoms with Gasteiger partial charge in [0.15, 0.2) is 0 Å². The van der Waals surface area contributed by atoms with Crippen LogP contribution in [0.5, 0.6) is 0 Å². The number of benzene rings is 3. The van der Waals surface area contributed by atoms with Crippen molar-refractivity contribution < 1.29 is 14.4 Å². The third-order valence-corrected chi connectivity index (χ3v) is 6.54.